The molecular formula is C12H14BrNO2. The molecule has 3 nitrogen and oxygen atoms in total. The van der Waals surface area contributed by atoms with Gasteiger partial charge < -0.3 is 10.8 Å². The molecule has 0 heterocycles. The molecule has 0 saturated heterocycles. The first kappa shape index (κ1) is 11.6. The summed E-state index contributed by atoms with van der Waals surface area (Å²) in [5, 5.41) is 9.06. The van der Waals surface area contributed by atoms with Crippen molar-refractivity contribution < 1.29 is 9.90 Å². The van der Waals surface area contributed by atoms with E-state index in [-0.39, 0.29) is 5.92 Å². The number of carboxylic acid groups (broad SMARTS) is 1. The maximum absolute atomic E-state index is 11.0. The molecule has 0 radical (unpaired) electrons. The van der Waals surface area contributed by atoms with Gasteiger partial charge in [0.2, 0.25) is 0 Å². The highest BCUT2D eigenvalue weighted by atomic mass is 79.9. The van der Waals surface area contributed by atoms with Gasteiger partial charge in [0.05, 0.1) is 0 Å². The number of nitrogens with two attached hydrogens (primary N) is 1. The molecule has 86 valence electrons. The molecule has 16 heavy (non-hydrogen) atoms. The number of aliphatic carboxylic acids is 1. The van der Waals surface area contributed by atoms with Crippen LogP contribution in [0.4, 0.5) is 0 Å². The second-order valence-corrected chi connectivity index (χ2v) is 5.37. The molecule has 1 aromatic carbocycles. The van der Waals surface area contributed by atoms with Crippen molar-refractivity contribution in [2.24, 2.45) is 5.73 Å². The van der Waals surface area contributed by atoms with Gasteiger partial charge in [-0.25, -0.2) is 0 Å². The molecule has 0 unspecified atom stereocenters. The fourth-order valence-electron chi connectivity index (χ4n) is 2.31. The Morgan fingerprint density at radius 1 is 1.56 bits per heavy atom. The Hall–Kier alpha value is -0.870. The Balaban J connectivity index is 2.18. The maximum atomic E-state index is 11.0. The lowest BCUT2D eigenvalue weighted by atomic mass is 9.93. The largest absolute Gasteiger partial charge is 0.480 e. The molecule has 1 aliphatic rings. The van der Waals surface area contributed by atoms with Crippen LogP contribution in [-0.2, 0) is 4.79 Å². The molecule has 0 spiro atoms. The van der Waals surface area contributed by atoms with Crippen LogP contribution >= 0.6 is 15.9 Å². The zero-order valence-electron chi connectivity index (χ0n) is 8.82. The molecule has 0 amide bonds. The zero-order chi connectivity index (χ0) is 11.8. The fraction of sp³-hybridized carbons (Fsp3) is 0.417. The molecule has 1 saturated carbocycles. The highest BCUT2D eigenvalue weighted by molar-refractivity contribution is 9.10. The van der Waals surface area contributed by atoms with E-state index in [9.17, 15) is 4.79 Å². The molecule has 2 atom stereocenters. The summed E-state index contributed by atoms with van der Waals surface area (Å²) < 4.78 is 1.02. The Morgan fingerprint density at radius 3 is 2.88 bits per heavy atom. The fourth-order valence-corrected chi connectivity index (χ4v) is 2.73. The lowest BCUT2D eigenvalue weighted by molar-refractivity contribution is -0.143. The molecule has 0 aromatic heterocycles. The number of benzene rings is 1. The number of carboxylic acids is 1. The number of rotatable bonds is 2. The van der Waals surface area contributed by atoms with E-state index in [1.165, 1.54) is 5.56 Å². The SMILES string of the molecule is N[C@]1(C(=O)O)CC[C@@H](c2cccc(Br)c2)C1. The maximum Gasteiger partial charge on any atom is 0.323 e. The molecule has 4 heteroatoms. The smallest absolute Gasteiger partial charge is 0.323 e. The van der Waals surface area contributed by atoms with Gasteiger partial charge in [0, 0.05) is 4.47 Å². The summed E-state index contributed by atoms with van der Waals surface area (Å²) in [6, 6.07) is 8.00. The Morgan fingerprint density at radius 2 is 2.31 bits per heavy atom. The topological polar surface area (TPSA) is 63.3 Å². The lowest BCUT2D eigenvalue weighted by Gasteiger charge is -2.18. The predicted octanol–water partition coefficient (Wildman–Crippen LogP) is 2.50. The van der Waals surface area contributed by atoms with Gasteiger partial charge in [-0.15, -0.1) is 0 Å². The summed E-state index contributed by atoms with van der Waals surface area (Å²) in [6.45, 7) is 0. The molecule has 1 fully saturated rings. The quantitative estimate of drug-likeness (QED) is 0.877. The molecule has 3 N–H and O–H groups in total. The lowest BCUT2D eigenvalue weighted by Crippen LogP contribution is -2.45. The van der Waals surface area contributed by atoms with E-state index >= 15 is 0 Å². The minimum absolute atomic E-state index is 0.263. The van der Waals surface area contributed by atoms with Gasteiger partial charge in [0.15, 0.2) is 0 Å². The number of hydrogen-bond acceptors (Lipinski definition) is 2. The first-order valence-electron chi connectivity index (χ1n) is 5.29. The first-order chi connectivity index (χ1) is 7.51. The molecule has 0 aliphatic heterocycles. The summed E-state index contributed by atoms with van der Waals surface area (Å²) in [6.07, 6.45) is 1.93. The van der Waals surface area contributed by atoms with Crippen LogP contribution < -0.4 is 5.73 Å². The van der Waals surface area contributed by atoms with Gasteiger partial charge in [-0.05, 0) is 42.9 Å². The van der Waals surface area contributed by atoms with Crippen molar-refractivity contribution in [2.75, 3.05) is 0 Å². The Bertz CT molecular complexity index is 421. The summed E-state index contributed by atoms with van der Waals surface area (Å²) in [5.41, 5.74) is 5.99. The van der Waals surface area contributed by atoms with Crippen molar-refractivity contribution in [3.8, 4) is 0 Å². The molecule has 1 aliphatic carbocycles. The summed E-state index contributed by atoms with van der Waals surface area (Å²) in [5.74, 6) is -0.622. The standard InChI is InChI=1S/C12H14BrNO2/c13-10-3-1-2-8(6-10)9-4-5-12(14,7-9)11(15)16/h1-3,6,9H,4-5,7,14H2,(H,15,16)/t9-,12-/m1/s1. The Labute approximate surface area is 103 Å². The molecule has 2 rings (SSSR count). The Kier molecular flexibility index (Phi) is 3.04. The van der Waals surface area contributed by atoms with Crippen molar-refractivity contribution >= 4 is 21.9 Å². The van der Waals surface area contributed by atoms with Crippen molar-refractivity contribution in [3.63, 3.8) is 0 Å². The summed E-state index contributed by atoms with van der Waals surface area (Å²) in [4.78, 5) is 11.0. The monoisotopic (exact) mass is 283 g/mol. The van der Waals surface area contributed by atoms with Crippen LogP contribution in [0.1, 0.15) is 30.7 Å². The zero-order valence-corrected chi connectivity index (χ0v) is 10.4. The third-order valence-corrected chi connectivity index (χ3v) is 3.79. The van der Waals surface area contributed by atoms with Crippen LogP contribution in [0, 0.1) is 0 Å². The number of hydrogen-bond donors (Lipinski definition) is 2. The second kappa shape index (κ2) is 4.18. The van der Waals surface area contributed by atoms with E-state index in [2.05, 4.69) is 15.9 Å². The van der Waals surface area contributed by atoms with Crippen molar-refractivity contribution in [1.29, 1.82) is 0 Å². The van der Waals surface area contributed by atoms with Crippen LogP contribution in [0.3, 0.4) is 0 Å². The van der Waals surface area contributed by atoms with Gasteiger partial charge in [-0.2, -0.15) is 0 Å². The van der Waals surface area contributed by atoms with Gasteiger partial charge in [0.25, 0.3) is 0 Å². The summed E-state index contributed by atoms with van der Waals surface area (Å²) in [7, 11) is 0. The molecular weight excluding hydrogens is 270 g/mol. The van der Waals surface area contributed by atoms with E-state index < -0.39 is 11.5 Å². The van der Waals surface area contributed by atoms with Crippen LogP contribution in [0.15, 0.2) is 28.7 Å². The van der Waals surface area contributed by atoms with Gasteiger partial charge >= 0.3 is 5.97 Å². The normalized spacial score (nSPS) is 29.2. The van der Waals surface area contributed by atoms with E-state index in [4.69, 9.17) is 10.8 Å². The van der Waals surface area contributed by atoms with Gasteiger partial charge in [-0.1, -0.05) is 28.1 Å². The molecule has 0 bridgehead atoms. The minimum Gasteiger partial charge on any atom is -0.480 e. The first-order valence-corrected chi connectivity index (χ1v) is 6.08. The number of halogens is 1. The van der Waals surface area contributed by atoms with Gasteiger partial charge in [0.1, 0.15) is 5.54 Å². The van der Waals surface area contributed by atoms with Crippen molar-refractivity contribution in [1.82, 2.24) is 0 Å². The van der Waals surface area contributed by atoms with Crippen LogP contribution in [-0.4, -0.2) is 16.6 Å². The van der Waals surface area contributed by atoms with E-state index in [0.717, 1.165) is 10.9 Å². The van der Waals surface area contributed by atoms with E-state index in [0.29, 0.717) is 12.8 Å². The average Bonchev–Trinajstić information content (AvgIpc) is 2.62. The van der Waals surface area contributed by atoms with Gasteiger partial charge in [-0.3, -0.25) is 4.79 Å². The summed E-state index contributed by atoms with van der Waals surface area (Å²) >= 11 is 3.42. The van der Waals surface area contributed by atoms with Crippen molar-refractivity contribution in [3.05, 3.63) is 34.3 Å². The third-order valence-electron chi connectivity index (χ3n) is 3.30. The van der Waals surface area contributed by atoms with Crippen LogP contribution in [0.5, 0.6) is 0 Å². The van der Waals surface area contributed by atoms with E-state index in [1.807, 2.05) is 24.3 Å². The van der Waals surface area contributed by atoms with Crippen molar-refractivity contribution in [2.45, 2.75) is 30.7 Å². The number of carbonyl (C=O) groups is 1. The minimum atomic E-state index is -1.03. The predicted molar refractivity (Wildman–Crippen MR) is 65.3 cm³/mol. The third kappa shape index (κ3) is 2.13. The van der Waals surface area contributed by atoms with Crippen LogP contribution in [0.2, 0.25) is 0 Å². The molecule has 1 aromatic rings. The van der Waals surface area contributed by atoms with E-state index in [1.54, 1.807) is 0 Å². The highest BCUT2D eigenvalue weighted by Crippen LogP contribution is 2.40. The second-order valence-electron chi connectivity index (χ2n) is 4.46. The van der Waals surface area contributed by atoms with Crippen LogP contribution in [0.25, 0.3) is 0 Å². The average molecular weight is 284 g/mol. The highest BCUT2D eigenvalue weighted by Gasteiger charge is 2.42.